The zero-order chi connectivity index (χ0) is 25.9. The molecule has 0 aromatic heterocycles. The highest BCUT2D eigenvalue weighted by Crippen LogP contribution is 2.09. The summed E-state index contributed by atoms with van der Waals surface area (Å²) in [5.74, 6) is -1.38. The van der Waals surface area contributed by atoms with Gasteiger partial charge in [0, 0.05) is 24.9 Å². The first kappa shape index (κ1) is 29.1. The molecule has 1 rings (SSSR count). The highest BCUT2D eigenvalue weighted by atomic mass is 19.1. The molecule has 0 saturated carbocycles. The number of ether oxygens (including phenoxy) is 1. The van der Waals surface area contributed by atoms with Crippen molar-refractivity contribution in [1.29, 1.82) is 0 Å². The maximum Gasteiger partial charge on any atom is 0.407 e. The van der Waals surface area contributed by atoms with Gasteiger partial charge in [-0.1, -0.05) is 12.1 Å². The van der Waals surface area contributed by atoms with Crippen LogP contribution >= 0.6 is 0 Å². The third-order valence-electron chi connectivity index (χ3n) is 4.45. The van der Waals surface area contributed by atoms with E-state index in [9.17, 15) is 23.6 Å². The third-order valence-corrected chi connectivity index (χ3v) is 4.45. The van der Waals surface area contributed by atoms with Gasteiger partial charge in [0.15, 0.2) is 5.78 Å². The molecule has 3 amide bonds. The van der Waals surface area contributed by atoms with Crippen LogP contribution in [0.3, 0.4) is 0 Å². The summed E-state index contributed by atoms with van der Waals surface area (Å²) in [7, 11) is 0. The second-order valence-electron chi connectivity index (χ2n) is 10.2. The van der Waals surface area contributed by atoms with Gasteiger partial charge in [-0.05, 0) is 72.1 Å². The summed E-state index contributed by atoms with van der Waals surface area (Å²) in [6.07, 6.45) is 0.118. The predicted octanol–water partition coefficient (Wildman–Crippen LogP) is 3.42. The quantitative estimate of drug-likeness (QED) is 0.421. The molecular weight excluding hydrogens is 441 g/mol. The Labute approximate surface area is 201 Å². The molecule has 0 bridgehead atoms. The monoisotopic (exact) mass is 479 g/mol. The van der Waals surface area contributed by atoms with Crippen LogP contribution < -0.4 is 16.0 Å². The van der Waals surface area contributed by atoms with Gasteiger partial charge in [0.05, 0.1) is 12.5 Å². The zero-order valence-electron chi connectivity index (χ0n) is 21.0. The highest BCUT2D eigenvalue weighted by molar-refractivity contribution is 5.93. The number of carbonyl (C=O) groups excluding carboxylic acids is 4. The average molecular weight is 480 g/mol. The molecule has 0 aliphatic heterocycles. The number of halogens is 1. The summed E-state index contributed by atoms with van der Waals surface area (Å²) in [4.78, 5) is 49.4. The number of alkyl carbamates (subject to hydrolysis) is 1. The first-order valence-corrected chi connectivity index (χ1v) is 11.5. The number of Topliss-reactive ketones (excluding diaryl/α,β-unsaturated/α-hetero) is 1. The molecule has 0 unspecified atom stereocenters. The summed E-state index contributed by atoms with van der Waals surface area (Å²) in [5, 5.41) is 8.04. The number of hydrogen-bond donors (Lipinski definition) is 3. The number of benzene rings is 1. The van der Waals surface area contributed by atoms with Crippen LogP contribution in [0.2, 0.25) is 0 Å². The largest absolute Gasteiger partial charge is 0.444 e. The van der Waals surface area contributed by atoms with Crippen LogP contribution in [0, 0.1) is 5.82 Å². The van der Waals surface area contributed by atoms with Crippen molar-refractivity contribution in [3.05, 3.63) is 35.6 Å². The number of amides is 3. The van der Waals surface area contributed by atoms with E-state index in [0.29, 0.717) is 12.8 Å². The molecule has 9 heteroatoms. The summed E-state index contributed by atoms with van der Waals surface area (Å²) >= 11 is 0. The summed E-state index contributed by atoms with van der Waals surface area (Å²) in [6.45, 7) is 11.0. The van der Waals surface area contributed by atoms with E-state index in [2.05, 4.69) is 16.0 Å². The lowest BCUT2D eigenvalue weighted by atomic mass is 10.0. The van der Waals surface area contributed by atoms with E-state index in [0.717, 1.165) is 5.56 Å². The first-order chi connectivity index (χ1) is 15.6. The molecule has 0 saturated heterocycles. The molecule has 3 N–H and O–H groups in total. The van der Waals surface area contributed by atoms with Gasteiger partial charge >= 0.3 is 6.09 Å². The van der Waals surface area contributed by atoms with Gasteiger partial charge in [-0.15, -0.1) is 0 Å². The van der Waals surface area contributed by atoms with Gasteiger partial charge in [0.1, 0.15) is 11.4 Å². The molecule has 1 atom stereocenters. The Bertz CT molecular complexity index is 842. The first-order valence-electron chi connectivity index (χ1n) is 11.5. The minimum atomic E-state index is -0.982. The second kappa shape index (κ2) is 13.1. The van der Waals surface area contributed by atoms with Crippen LogP contribution in [0.25, 0.3) is 0 Å². The molecule has 0 aliphatic rings. The maximum absolute atomic E-state index is 13.0. The van der Waals surface area contributed by atoms with Crippen LogP contribution in [0.1, 0.15) is 72.8 Å². The second-order valence-corrected chi connectivity index (χ2v) is 10.2. The Hall–Kier alpha value is -2.97. The number of aryl methyl sites for hydroxylation is 1. The third kappa shape index (κ3) is 13.5. The maximum atomic E-state index is 13.0. The van der Waals surface area contributed by atoms with E-state index in [4.69, 9.17) is 4.74 Å². The number of ketones is 1. The van der Waals surface area contributed by atoms with Crippen LogP contribution in [0.15, 0.2) is 24.3 Å². The van der Waals surface area contributed by atoms with E-state index in [1.807, 2.05) is 20.8 Å². The van der Waals surface area contributed by atoms with E-state index in [1.54, 1.807) is 32.9 Å². The van der Waals surface area contributed by atoms with Crippen molar-refractivity contribution in [2.45, 2.75) is 90.8 Å². The highest BCUT2D eigenvalue weighted by Gasteiger charge is 2.25. The fourth-order valence-corrected chi connectivity index (χ4v) is 3.02. The predicted molar refractivity (Wildman–Crippen MR) is 128 cm³/mol. The smallest absolute Gasteiger partial charge is 0.407 e. The van der Waals surface area contributed by atoms with E-state index >= 15 is 0 Å². The van der Waals surface area contributed by atoms with Crippen molar-refractivity contribution in [3.63, 3.8) is 0 Å². The SMILES string of the molecule is CC(C)(C)NC(=O)C[C@H](NC(=O)CCc1ccc(F)cc1)C(=O)CCCNC(=O)OC(C)(C)C. The fourth-order valence-electron chi connectivity index (χ4n) is 3.02. The Morgan fingerprint density at radius 2 is 1.56 bits per heavy atom. The molecule has 0 spiro atoms. The van der Waals surface area contributed by atoms with Crippen LogP contribution in [0.4, 0.5) is 9.18 Å². The van der Waals surface area contributed by atoms with Gasteiger partial charge < -0.3 is 20.7 Å². The Kier molecular flexibility index (Phi) is 11.2. The van der Waals surface area contributed by atoms with Crippen molar-refractivity contribution in [3.8, 4) is 0 Å². The van der Waals surface area contributed by atoms with Crippen LogP contribution in [-0.2, 0) is 25.5 Å². The molecule has 1 aromatic rings. The summed E-state index contributed by atoms with van der Waals surface area (Å²) in [6, 6.07) is 4.85. The van der Waals surface area contributed by atoms with Crippen molar-refractivity contribution < 1.29 is 28.3 Å². The van der Waals surface area contributed by atoms with E-state index in [-0.39, 0.29) is 49.2 Å². The van der Waals surface area contributed by atoms with Crippen LogP contribution in [-0.4, -0.2) is 47.4 Å². The van der Waals surface area contributed by atoms with Crippen molar-refractivity contribution >= 4 is 23.7 Å². The fraction of sp³-hybridized carbons (Fsp3) is 0.600. The Balaban J connectivity index is 2.64. The Morgan fingerprint density at radius 1 is 0.941 bits per heavy atom. The molecule has 0 aliphatic carbocycles. The standard InChI is InChI=1S/C25H38FN3O5/c1-24(2,3)29-22(32)16-19(20(30)8-7-15-27-23(33)34-25(4,5)6)28-21(31)14-11-17-9-12-18(26)13-10-17/h9-10,12-13,19H,7-8,11,14-16H2,1-6H3,(H,27,33)(H,28,31)(H,29,32)/t19-/m0/s1. The minimum absolute atomic E-state index is 0.0709. The zero-order valence-corrected chi connectivity index (χ0v) is 21.0. The molecule has 0 radical (unpaired) electrons. The molecular formula is C25H38FN3O5. The van der Waals surface area contributed by atoms with Gasteiger partial charge in [-0.2, -0.15) is 0 Å². The van der Waals surface area contributed by atoms with Gasteiger partial charge in [0.2, 0.25) is 11.8 Å². The van der Waals surface area contributed by atoms with Gasteiger partial charge in [-0.25, -0.2) is 9.18 Å². The number of hydrogen-bond acceptors (Lipinski definition) is 5. The molecule has 0 heterocycles. The van der Waals surface area contributed by atoms with Crippen LogP contribution in [0.5, 0.6) is 0 Å². The molecule has 8 nitrogen and oxygen atoms in total. The molecule has 0 fully saturated rings. The van der Waals surface area contributed by atoms with Gasteiger partial charge in [0.25, 0.3) is 0 Å². The minimum Gasteiger partial charge on any atom is -0.444 e. The topological polar surface area (TPSA) is 114 Å². The molecule has 34 heavy (non-hydrogen) atoms. The lowest BCUT2D eigenvalue weighted by Crippen LogP contribution is -2.47. The van der Waals surface area contributed by atoms with E-state index in [1.165, 1.54) is 12.1 Å². The summed E-state index contributed by atoms with van der Waals surface area (Å²) < 4.78 is 18.2. The van der Waals surface area contributed by atoms with Gasteiger partial charge in [-0.3, -0.25) is 14.4 Å². The van der Waals surface area contributed by atoms with Crippen molar-refractivity contribution in [2.24, 2.45) is 0 Å². The molecule has 1 aromatic carbocycles. The number of carbonyl (C=O) groups is 4. The van der Waals surface area contributed by atoms with Crippen molar-refractivity contribution in [2.75, 3.05) is 6.54 Å². The summed E-state index contributed by atoms with van der Waals surface area (Å²) in [5.41, 5.74) is -0.309. The van der Waals surface area contributed by atoms with E-state index < -0.39 is 23.3 Å². The number of nitrogens with one attached hydrogen (secondary N) is 3. The normalized spacial score (nSPS) is 12.4. The lowest BCUT2D eigenvalue weighted by molar-refractivity contribution is -0.131. The lowest BCUT2D eigenvalue weighted by Gasteiger charge is -2.23. The Morgan fingerprint density at radius 3 is 2.12 bits per heavy atom. The number of rotatable bonds is 11. The van der Waals surface area contributed by atoms with Crippen molar-refractivity contribution in [1.82, 2.24) is 16.0 Å². The molecule has 190 valence electrons. The average Bonchev–Trinajstić information content (AvgIpc) is 2.67.